The van der Waals surface area contributed by atoms with Crippen LogP contribution in [0.15, 0.2) is 83.8 Å². The van der Waals surface area contributed by atoms with E-state index in [1.54, 1.807) is 35.7 Å². The van der Waals surface area contributed by atoms with Crippen molar-refractivity contribution in [3.05, 3.63) is 84.4 Å². The predicted molar refractivity (Wildman–Crippen MR) is 121 cm³/mol. The molecule has 1 aliphatic heterocycles. The number of hydrogen-bond donors (Lipinski definition) is 0. The van der Waals surface area contributed by atoms with E-state index in [4.69, 9.17) is 9.47 Å². The maximum atomic E-state index is 13.1. The molecule has 0 atom stereocenters. The summed E-state index contributed by atoms with van der Waals surface area (Å²) in [6, 6.07) is 24.3. The van der Waals surface area contributed by atoms with Crippen LogP contribution >= 0.6 is 0 Å². The average molecular weight is 438 g/mol. The fourth-order valence-corrected chi connectivity index (χ4v) is 5.43. The zero-order valence-corrected chi connectivity index (χ0v) is 18.4. The van der Waals surface area contributed by atoms with Gasteiger partial charge in [0.1, 0.15) is 5.75 Å². The minimum absolute atomic E-state index is 0.293. The van der Waals surface area contributed by atoms with Gasteiger partial charge < -0.3 is 9.47 Å². The summed E-state index contributed by atoms with van der Waals surface area (Å²) in [5.41, 5.74) is 1.31. The number of hydrogen-bond acceptors (Lipinski definition) is 4. The van der Waals surface area contributed by atoms with Crippen LogP contribution in [-0.4, -0.2) is 32.9 Å². The lowest BCUT2D eigenvalue weighted by atomic mass is 9.91. The smallest absolute Gasteiger partial charge is 0.243 e. The van der Waals surface area contributed by atoms with Crippen LogP contribution < -0.4 is 9.47 Å². The molecule has 6 heteroatoms. The first-order valence-corrected chi connectivity index (χ1v) is 12.0. The predicted octanol–water partition coefficient (Wildman–Crippen LogP) is 5.13. The summed E-state index contributed by atoms with van der Waals surface area (Å²) in [6.45, 7) is 1.11. The molecule has 0 unspecified atom stereocenters. The number of methoxy groups -OCH3 is 1. The van der Waals surface area contributed by atoms with Gasteiger partial charge in [-0.05, 0) is 67.1 Å². The van der Waals surface area contributed by atoms with Crippen molar-refractivity contribution in [3.63, 3.8) is 0 Å². The Hall–Kier alpha value is -2.83. The van der Waals surface area contributed by atoms with E-state index in [-0.39, 0.29) is 0 Å². The van der Waals surface area contributed by atoms with Gasteiger partial charge in [-0.15, -0.1) is 0 Å². The average Bonchev–Trinajstić information content (AvgIpc) is 2.81. The summed E-state index contributed by atoms with van der Waals surface area (Å²) in [7, 11) is -1.92. The number of rotatable bonds is 7. The van der Waals surface area contributed by atoms with Gasteiger partial charge in [0.15, 0.2) is 11.5 Å². The molecule has 162 valence electrons. The molecule has 1 heterocycles. The monoisotopic (exact) mass is 437 g/mol. The molecular weight excluding hydrogens is 410 g/mol. The minimum atomic E-state index is -3.51. The molecule has 1 saturated heterocycles. The molecule has 1 aliphatic rings. The van der Waals surface area contributed by atoms with E-state index >= 15 is 0 Å². The van der Waals surface area contributed by atoms with E-state index in [0.29, 0.717) is 41.2 Å². The maximum absolute atomic E-state index is 13.1. The fourth-order valence-electron chi connectivity index (χ4n) is 3.96. The van der Waals surface area contributed by atoms with E-state index in [2.05, 4.69) is 24.3 Å². The number of ether oxygens (including phenoxy) is 2. The first-order chi connectivity index (χ1) is 15.1. The zero-order chi connectivity index (χ0) is 21.7. The molecule has 0 saturated carbocycles. The number of nitrogens with zero attached hydrogens (tertiary/aromatic N) is 1. The second kappa shape index (κ2) is 9.54. The number of benzene rings is 3. The van der Waals surface area contributed by atoms with Crippen molar-refractivity contribution in [1.82, 2.24) is 4.31 Å². The Morgan fingerprint density at radius 1 is 0.839 bits per heavy atom. The highest BCUT2D eigenvalue weighted by Gasteiger charge is 2.29. The summed E-state index contributed by atoms with van der Waals surface area (Å²) in [5, 5.41) is 0. The third-order valence-corrected chi connectivity index (χ3v) is 7.61. The van der Waals surface area contributed by atoms with Crippen molar-refractivity contribution in [1.29, 1.82) is 0 Å². The van der Waals surface area contributed by atoms with Crippen LogP contribution in [0.5, 0.6) is 17.2 Å². The quantitative estimate of drug-likeness (QED) is 0.514. The van der Waals surface area contributed by atoms with Crippen LogP contribution in [0.4, 0.5) is 0 Å². The lowest BCUT2D eigenvalue weighted by Gasteiger charge is -2.31. The molecule has 3 aromatic rings. The van der Waals surface area contributed by atoms with E-state index in [1.165, 1.54) is 5.56 Å². The van der Waals surface area contributed by atoms with Crippen molar-refractivity contribution < 1.29 is 17.9 Å². The highest BCUT2D eigenvalue weighted by Crippen LogP contribution is 2.32. The number of piperidine rings is 1. The summed E-state index contributed by atoms with van der Waals surface area (Å²) in [6.07, 6.45) is 2.76. The molecule has 0 N–H and O–H groups in total. The number of para-hydroxylation sites is 2. The van der Waals surface area contributed by atoms with Gasteiger partial charge in [0.2, 0.25) is 10.0 Å². The first-order valence-electron chi connectivity index (χ1n) is 10.5. The summed E-state index contributed by atoms with van der Waals surface area (Å²) >= 11 is 0. The second-order valence-electron chi connectivity index (χ2n) is 7.76. The lowest BCUT2D eigenvalue weighted by Crippen LogP contribution is -2.38. The van der Waals surface area contributed by atoms with Gasteiger partial charge in [-0.2, -0.15) is 4.31 Å². The Morgan fingerprint density at radius 2 is 1.45 bits per heavy atom. The molecule has 1 fully saturated rings. The molecule has 0 amide bonds. The van der Waals surface area contributed by atoms with E-state index < -0.39 is 10.0 Å². The van der Waals surface area contributed by atoms with E-state index in [9.17, 15) is 8.42 Å². The van der Waals surface area contributed by atoms with Crippen molar-refractivity contribution in [2.75, 3.05) is 20.2 Å². The number of sulfonamides is 1. The molecule has 3 aromatic carbocycles. The van der Waals surface area contributed by atoms with Gasteiger partial charge in [-0.1, -0.05) is 42.5 Å². The van der Waals surface area contributed by atoms with Crippen LogP contribution in [0.3, 0.4) is 0 Å². The molecule has 31 heavy (non-hydrogen) atoms. The molecule has 5 nitrogen and oxygen atoms in total. The van der Waals surface area contributed by atoms with Gasteiger partial charge in [-0.25, -0.2) is 8.42 Å². The molecular formula is C25H27NO4S. The Morgan fingerprint density at radius 3 is 2.10 bits per heavy atom. The Balaban J connectivity index is 1.39. The van der Waals surface area contributed by atoms with Gasteiger partial charge in [0, 0.05) is 13.1 Å². The summed E-state index contributed by atoms with van der Waals surface area (Å²) in [5.74, 6) is 2.29. The molecule has 4 rings (SSSR count). The molecule has 0 aliphatic carbocycles. The lowest BCUT2D eigenvalue weighted by molar-refractivity contribution is 0.273. The SMILES string of the molecule is COc1ccccc1Oc1ccc(S(=O)(=O)N2CCC(Cc3ccccc3)CC2)cc1. The summed E-state index contributed by atoms with van der Waals surface area (Å²) < 4.78 is 38.9. The van der Waals surface area contributed by atoms with Crippen molar-refractivity contribution in [2.45, 2.75) is 24.2 Å². The normalized spacial score (nSPS) is 15.5. The van der Waals surface area contributed by atoms with Crippen LogP contribution in [0, 0.1) is 5.92 Å². The van der Waals surface area contributed by atoms with Crippen LogP contribution in [-0.2, 0) is 16.4 Å². The molecule has 0 aromatic heterocycles. The van der Waals surface area contributed by atoms with Gasteiger partial charge in [0.25, 0.3) is 0 Å². The Bertz CT molecular complexity index is 1090. The van der Waals surface area contributed by atoms with Crippen LogP contribution in [0.25, 0.3) is 0 Å². The standard InChI is InChI=1S/C25H27NO4S/c1-29-24-9-5-6-10-25(24)30-22-11-13-23(14-12-22)31(27,28)26-17-15-21(16-18-26)19-20-7-3-2-4-8-20/h2-14,21H,15-19H2,1H3. The highest BCUT2D eigenvalue weighted by molar-refractivity contribution is 7.89. The fraction of sp³-hybridized carbons (Fsp3) is 0.280. The van der Waals surface area contributed by atoms with Crippen LogP contribution in [0.2, 0.25) is 0 Å². The molecule has 0 radical (unpaired) electrons. The van der Waals surface area contributed by atoms with Gasteiger partial charge in [-0.3, -0.25) is 0 Å². The maximum Gasteiger partial charge on any atom is 0.243 e. The first kappa shape index (κ1) is 21.4. The topological polar surface area (TPSA) is 55.8 Å². The summed E-state index contributed by atoms with van der Waals surface area (Å²) in [4.78, 5) is 0.293. The third-order valence-electron chi connectivity index (χ3n) is 5.70. The van der Waals surface area contributed by atoms with Crippen molar-refractivity contribution in [2.24, 2.45) is 5.92 Å². The molecule has 0 spiro atoms. The van der Waals surface area contributed by atoms with Crippen LogP contribution in [0.1, 0.15) is 18.4 Å². The third kappa shape index (κ3) is 5.09. The Labute approximate surface area is 184 Å². The van der Waals surface area contributed by atoms with Gasteiger partial charge >= 0.3 is 0 Å². The van der Waals surface area contributed by atoms with Crippen molar-refractivity contribution >= 4 is 10.0 Å². The van der Waals surface area contributed by atoms with Crippen molar-refractivity contribution in [3.8, 4) is 17.2 Å². The largest absolute Gasteiger partial charge is 0.493 e. The zero-order valence-electron chi connectivity index (χ0n) is 17.6. The van der Waals surface area contributed by atoms with E-state index in [0.717, 1.165) is 19.3 Å². The van der Waals surface area contributed by atoms with E-state index in [1.807, 2.05) is 30.3 Å². The second-order valence-corrected chi connectivity index (χ2v) is 9.70. The Kier molecular flexibility index (Phi) is 6.59. The highest BCUT2D eigenvalue weighted by atomic mass is 32.2. The minimum Gasteiger partial charge on any atom is -0.493 e. The molecule has 0 bridgehead atoms. The van der Waals surface area contributed by atoms with Gasteiger partial charge in [0.05, 0.1) is 12.0 Å².